The fraction of sp³-hybridized carbons (Fsp3) is 0.667. The van der Waals surface area contributed by atoms with Gasteiger partial charge in [-0.3, -0.25) is 0 Å². The first kappa shape index (κ1) is 12.6. The summed E-state index contributed by atoms with van der Waals surface area (Å²) in [5.41, 5.74) is 0.247. The van der Waals surface area contributed by atoms with Gasteiger partial charge >= 0.3 is 0 Å². The smallest absolute Gasteiger partial charge is 0.137 e. The van der Waals surface area contributed by atoms with Crippen molar-refractivity contribution >= 4 is 17.4 Å². The van der Waals surface area contributed by atoms with Crippen LogP contribution in [0.5, 0.6) is 0 Å². The van der Waals surface area contributed by atoms with Gasteiger partial charge in [0, 0.05) is 12.1 Å². The molecule has 1 aromatic heterocycles. The quantitative estimate of drug-likeness (QED) is 0.815. The second-order valence-corrected chi connectivity index (χ2v) is 5.18. The molecule has 1 aliphatic rings. The maximum absolute atomic E-state index is 10.2. The topological polar surface area (TPSA) is 58.0 Å². The van der Waals surface area contributed by atoms with Crippen molar-refractivity contribution in [1.29, 1.82) is 0 Å². The van der Waals surface area contributed by atoms with Crippen LogP contribution in [0.2, 0.25) is 5.15 Å². The Hall–Kier alpha value is -0.870. The van der Waals surface area contributed by atoms with Gasteiger partial charge in [0.05, 0.1) is 5.60 Å². The molecule has 0 spiro atoms. The van der Waals surface area contributed by atoms with Crippen molar-refractivity contribution in [2.75, 3.05) is 11.9 Å². The highest BCUT2D eigenvalue weighted by molar-refractivity contribution is 6.30. The Kier molecular flexibility index (Phi) is 3.54. The summed E-state index contributed by atoms with van der Waals surface area (Å²) in [5.74, 6) is 1.37. The summed E-state index contributed by atoms with van der Waals surface area (Å²) >= 11 is 6.00. The van der Waals surface area contributed by atoms with Gasteiger partial charge in [-0.15, -0.1) is 0 Å². The third kappa shape index (κ3) is 2.87. The molecule has 1 aliphatic carbocycles. The molecule has 0 radical (unpaired) electrons. The van der Waals surface area contributed by atoms with Crippen LogP contribution in [0.3, 0.4) is 0 Å². The molecule has 5 heteroatoms. The number of anilines is 1. The SMILES string of the molecule is Cc1nc(Cl)c(C)c(NCC2(O)CCCC2)n1. The average molecular weight is 256 g/mol. The molecular weight excluding hydrogens is 238 g/mol. The third-order valence-electron chi connectivity index (χ3n) is 3.32. The van der Waals surface area contributed by atoms with Crippen LogP contribution >= 0.6 is 11.6 Å². The first-order chi connectivity index (χ1) is 8.00. The van der Waals surface area contributed by atoms with Gasteiger partial charge in [0.15, 0.2) is 0 Å². The normalized spacial score (nSPS) is 18.4. The van der Waals surface area contributed by atoms with E-state index in [0.29, 0.717) is 17.5 Å². The third-order valence-corrected chi connectivity index (χ3v) is 3.69. The van der Waals surface area contributed by atoms with E-state index in [-0.39, 0.29) is 0 Å². The molecule has 1 aromatic rings. The largest absolute Gasteiger partial charge is 0.388 e. The van der Waals surface area contributed by atoms with Crippen molar-refractivity contribution < 1.29 is 5.11 Å². The van der Waals surface area contributed by atoms with Crippen molar-refractivity contribution in [1.82, 2.24) is 9.97 Å². The van der Waals surface area contributed by atoms with E-state index in [0.717, 1.165) is 37.1 Å². The Morgan fingerprint density at radius 3 is 2.59 bits per heavy atom. The highest BCUT2D eigenvalue weighted by Crippen LogP contribution is 2.30. The second-order valence-electron chi connectivity index (χ2n) is 4.82. The zero-order valence-corrected chi connectivity index (χ0v) is 11.0. The summed E-state index contributed by atoms with van der Waals surface area (Å²) in [6.45, 7) is 4.21. The van der Waals surface area contributed by atoms with Crippen molar-refractivity contribution in [3.63, 3.8) is 0 Å². The minimum absolute atomic E-state index is 0.471. The molecule has 0 bridgehead atoms. The first-order valence-electron chi connectivity index (χ1n) is 5.97. The number of nitrogens with zero attached hydrogens (tertiary/aromatic N) is 2. The summed E-state index contributed by atoms with van der Waals surface area (Å²) in [4.78, 5) is 8.39. The Balaban J connectivity index is 2.08. The Morgan fingerprint density at radius 2 is 1.94 bits per heavy atom. The number of aryl methyl sites for hydroxylation is 1. The fourth-order valence-electron chi connectivity index (χ4n) is 2.22. The summed E-state index contributed by atoms with van der Waals surface area (Å²) in [6, 6.07) is 0. The number of halogens is 1. The monoisotopic (exact) mass is 255 g/mol. The molecule has 1 heterocycles. The summed E-state index contributed by atoms with van der Waals surface area (Å²) in [7, 11) is 0. The molecule has 2 N–H and O–H groups in total. The number of hydrogen-bond acceptors (Lipinski definition) is 4. The Bertz CT molecular complexity index is 416. The van der Waals surface area contributed by atoms with E-state index in [1.807, 2.05) is 6.92 Å². The predicted octanol–water partition coefficient (Wildman–Crippen LogP) is 2.46. The van der Waals surface area contributed by atoms with Crippen LogP contribution in [-0.4, -0.2) is 27.2 Å². The lowest BCUT2D eigenvalue weighted by Gasteiger charge is -2.23. The van der Waals surface area contributed by atoms with Gasteiger partial charge in [-0.05, 0) is 26.7 Å². The highest BCUT2D eigenvalue weighted by Gasteiger charge is 2.31. The van der Waals surface area contributed by atoms with Gasteiger partial charge in [-0.2, -0.15) is 0 Å². The molecule has 0 saturated heterocycles. The number of rotatable bonds is 3. The minimum atomic E-state index is -0.586. The molecule has 0 atom stereocenters. The second kappa shape index (κ2) is 4.78. The van der Waals surface area contributed by atoms with Crippen molar-refractivity contribution in [3.8, 4) is 0 Å². The lowest BCUT2D eigenvalue weighted by molar-refractivity contribution is 0.0614. The van der Waals surface area contributed by atoms with Crippen LogP contribution in [0.4, 0.5) is 5.82 Å². The van der Waals surface area contributed by atoms with Crippen LogP contribution in [0.25, 0.3) is 0 Å². The lowest BCUT2D eigenvalue weighted by Crippen LogP contribution is -2.34. The maximum Gasteiger partial charge on any atom is 0.137 e. The molecule has 0 aliphatic heterocycles. The van der Waals surface area contributed by atoms with E-state index in [4.69, 9.17) is 11.6 Å². The zero-order valence-electron chi connectivity index (χ0n) is 10.3. The van der Waals surface area contributed by atoms with Crippen LogP contribution in [0.15, 0.2) is 0 Å². The van der Waals surface area contributed by atoms with E-state index in [2.05, 4.69) is 15.3 Å². The predicted molar refractivity (Wildman–Crippen MR) is 68.4 cm³/mol. The van der Waals surface area contributed by atoms with Crippen LogP contribution in [-0.2, 0) is 0 Å². The number of hydrogen-bond donors (Lipinski definition) is 2. The maximum atomic E-state index is 10.2. The van der Waals surface area contributed by atoms with Gasteiger partial charge in [0.2, 0.25) is 0 Å². The molecule has 0 unspecified atom stereocenters. The minimum Gasteiger partial charge on any atom is -0.388 e. The van der Waals surface area contributed by atoms with E-state index in [1.165, 1.54) is 0 Å². The molecule has 1 fully saturated rings. The van der Waals surface area contributed by atoms with Crippen LogP contribution < -0.4 is 5.32 Å². The molecule has 4 nitrogen and oxygen atoms in total. The molecule has 94 valence electrons. The van der Waals surface area contributed by atoms with Crippen molar-refractivity contribution in [2.24, 2.45) is 0 Å². The van der Waals surface area contributed by atoms with Crippen LogP contribution in [0, 0.1) is 13.8 Å². The molecule has 17 heavy (non-hydrogen) atoms. The van der Waals surface area contributed by atoms with E-state index in [1.54, 1.807) is 6.92 Å². The van der Waals surface area contributed by atoms with Gasteiger partial charge in [0.1, 0.15) is 16.8 Å². The molecule has 1 saturated carbocycles. The number of aliphatic hydroxyl groups is 1. The first-order valence-corrected chi connectivity index (χ1v) is 6.35. The standard InChI is InChI=1S/C12H18ClN3O/c1-8-10(13)15-9(2)16-11(8)14-7-12(17)5-3-4-6-12/h17H,3-7H2,1-2H3,(H,14,15,16). The zero-order chi connectivity index (χ0) is 12.5. The van der Waals surface area contributed by atoms with Crippen LogP contribution in [0.1, 0.15) is 37.1 Å². The van der Waals surface area contributed by atoms with Gasteiger partial charge in [0.25, 0.3) is 0 Å². The van der Waals surface area contributed by atoms with Crippen molar-refractivity contribution in [3.05, 3.63) is 16.5 Å². The average Bonchev–Trinajstić information content (AvgIpc) is 2.69. The Morgan fingerprint density at radius 1 is 1.29 bits per heavy atom. The van der Waals surface area contributed by atoms with E-state index in [9.17, 15) is 5.11 Å². The molecule has 0 aromatic carbocycles. The molecule has 0 amide bonds. The fourth-order valence-corrected chi connectivity index (χ4v) is 2.44. The number of aromatic nitrogens is 2. The molecule has 2 rings (SSSR count). The highest BCUT2D eigenvalue weighted by atomic mass is 35.5. The van der Waals surface area contributed by atoms with Crippen molar-refractivity contribution in [2.45, 2.75) is 45.1 Å². The summed E-state index contributed by atoms with van der Waals surface area (Å²) in [6.07, 6.45) is 3.91. The summed E-state index contributed by atoms with van der Waals surface area (Å²) < 4.78 is 0. The van der Waals surface area contributed by atoms with Gasteiger partial charge < -0.3 is 10.4 Å². The van der Waals surface area contributed by atoms with Gasteiger partial charge in [-0.25, -0.2) is 9.97 Å². The lowest BCUT2D eigenvalue weighted by atomic mass is 10.0. The molecular formula is C12H18ClN3O. The van der Waals surface area contributed by atoms with Gasteiger partial charge in [-0.1, -0.05) is 24.4 Å². The number of nitrogens with one attached hydrogen (secondary N) is 1. The van der Waals surface area contributed by atoms with E-state index < -0.39 is 5.60 Å². The summed E-state index contributed by atoms with van der Waals surface area (Å²) in [5, 5.41) is 13.9. The van der Waals surface area contributed by atoms with E-state index >= 15 is 0 Å². The Labute approximate surface area is 106 Å².